The molecule has 2 amide bonds. The number of halogens is 1. The van der Waals surface area contributed by atoms with Crippen LogP contribution in [0, 0.1) is 12.7 Å². The van der Waals surface area contributed by atoms with Crippen molar-refractivity contribution in [3.8, 4) is 11.5 Å². The first kappa shape index (κ1) is 20.6. The van der Waals surface area contributed by atoms with Gasteiger partial charge in [-0.2, -0.15) is 0 Å². The number of para-hydroxylation sites is 1. The van der Waals surface area contributed by atoms with Gasteiger partial charge in [-0.05, 0) is 30.2 Å². The van der Waals surface area contributed by atoms with Crippen LogP contribution in [0.3, 0.4) is 0 Å². The maximum Gasteiger partial charge on any atom is 0.321 e. The molecule has 2 N–H and O–H groups in total. The second-order valence-corrected chi connectivity index (χ2v) is 7.47. The number of nitrogens with one attached hydrogen (secondary N) is 2. The van der Waals surface area contributed by atoms with Crippen molar-refractivity contribution in [2.75, 3.05) is 19.5 Å². The Kier molecular flexibility index (Phi) is 6.66. The van der Waals surface area contributed by atoms with Crippen molar-refractivity contribution in [3.05, 3.63) is 70.0 Å². The second-order valence-electron chi connectivity index (χ2n) is 6.35. The van der Waals surface area contributed by atoms with Gasteiger partial charge in [-0.15, -0.1) is 11.3 Å². The van der Waals surface area contributed by atoms with Gasteiger partial charge in [-0.25, -0.2) is 14.2 Å². The summed E-state index contributed by atoms with van der Waals surface area (Å²) in [7, 11) is 3.12. The Morgan fingerprint density at radius 1 is 1.21 bits per heavy atom. The van der Waals surface area contributed by atoms with Crippen LogP contribution in [0.25, 0.3) is 0 Å². The molecule has 0 unspecified atom stereocenters. The van der Waals surface area contributed by atoms with Crippen molar-refractivity contribution in [3.63, 3.8) is 0 Å². The Hall–Kier alpha value is -3.13. The summed E-state index contributed by atoms with van der Waals surface area (Å²) in [5.41, 5.74) is 2.27. The van der Waals surface area contributed by atoms with Gasteiger partial charge in [0.25, 0.3) is 0 Å². The van der Waals surface area contributed by atoms with Crippen LogP contribution in [-0.2, 0) is 13.0 Å². The van der Waals surface area contributed by atoms with Crippen LogP contribution >= 0.6 is 11.3 Å². The molecule has 0 saturated carbocycles. The first-order valence-electron chi connectivity index (χ1n) is 8.94. The van der Waals surface area contributed by atoms with E-state index in [0.29, 0.717) is 28.6 Å². The number of benzene rings is 2. The first-order valence-corrected chi connectivity index (χ1v) is 9.76. The average Bonchev–Trinajstić information content (AvgIpc) is 3.15. The number of nitrogens with zero attached hydrogens (tertiary/aromatic N) is 1. The quantitative estimate of drug-likeness (QED) is 0.595. The van der Waals surface area contributed by atoms with Gasteiger partial charge >= 0.3 is 6.03 Å². The topological polar surface area (TPSA) is 72.5 Å². The molecule has 0 atom stereocenters. The molecule has 0 spiro atoms. The fourth-order valence-corrected chi connectivity index (χ4v) is 3.65. The lowest BCUT2D eigenvalue weighted by Gasteiger charge is -2.13. The van der Waals surface area contributed by atoms with E-state index in [1.165, 1.54) is 17.4 Å². The molecule has 3 aromatic rings. The van der Waals surface area contributed by atoms with Gasteiger partial charge in [0.05, 0.1) is 14.2 Å². The number of carbonyl (C=O) groups excluding carboxylic acids is 1. The van der Waals surface area contributed by atoms with Crippen molar-refractivity contribution in [1.29, 1.82) is 0 Å². The number of aryl methyl sites for hydroxylation is 1. The van der Waals surface area contributed by atoms with Crippen molar-refractivity contribution in [2.45, 2.75) is 19.9 Å². The molecule has 2 aromatic carbocycles. The van der Waals surface area contributed by atoms with Crippen LogP contribution in [0.1, 0.15) is 21.6 Å². The number of anilines is 1. The van der Waals surface area contributed by atoms with E-state index in [0.717, 1.165) is 16.0 Å². The van der Waals surface area contributed by atoms with Gasteiger partial charge in [0.1, 0.15) is 5.82 Å². The van der Waals surface area contributed by atoms with Crippen LogP contribution in [0.5, 0.6) is 11.5 Å². The molecule has 0 bridgehead atoms. The maximum atomic E-state index is 13.7. The molecule has 1 aromatic heterocycles. The lowest BCUT2D eigenvalue weighted by atomic mass is 10.1. The molecular formula is C21H22FN3O3S. The van der Waals surface area contributed by atoms with Gasteiger partial charge in [-0.1, -0.05) is 24.3 Å². The van der Waals surface area contributed by atoms with Crippen LogP contribution in [-0.4, -0.2) is 25.2 Å². The molecule has 0 fully saturated rings. The van der Waals surface area contributed by atoms with Gasteiger partial charge < -0.3 is 14.8 Å². The normalized spacial score (nSPS) is 10.5. The SMILES string of the molecule is COc1cccc(CNC(=O)Nc2ncc(Cc3ccc(C)c(F)c3)s2)c1OC. The maximum absolute atomic E-state index is 13.7. The highest BCUT2D eigenvalue weighted by Crippen LogP contribution is 2.30. The van der Waals surface area contributed by atoms with Crippen molar-refractivity contribution in [1.82, 2.24) is 10.3 Å². The van der Waals surface area contributed by atoms with Crippen LogP contribution in [0.4, 0.5) is 14.3 Å². The number of hydrogen-bond donors (Lipinski definition) is 2. The van der Waals surface area contributed by atoms with E-state index in [1.807, 2.05) is 18.2 Å². The second kappa shape index (κ2) is 9.38. The summed E-state index contributed by atoms with van der Waals surface area (Å²) in [4.78, 5) is 17.4. The zero-order chi connectivity index (χ0) is 20.8. The Bertz CT molecular complexity index is 1010. The summed E-state index contributed by atoms with van der Waals surface area (Å²) in [6, 6.07) is 10.3. The lowest BCUT2D eigenvalue weighted by Crippen LogP contribution is -2.28. The fourth-order valence-electron chi connectivity index (χ4n) is 2.80. The van der Waals surface area contributed by atoms with E-state index < -0.39 is 0 Å². The molecule has 0 aliphatic rings. The van der Waals surface area contributed by atoms with E-state index in [1.54, 1.807) is 39.5 Å². The largest absolute Gasteiger partial charge is 0.493 e. The summed E-state index contributed by atoms with van der Waals surface area (Å²) in [6.07, 6.45) is 2.24. The highest BCUT2D eigenvalue weighted by molar-refractivity contribution is 7.15. The Morgan fingerprint density at radius 3 is 2.76 bits per heavy atom. The molecule has 1 heterocycles. The Labute approximate surface area is 172 Å². The number of rotatable bonds is 7. The molecule has 3 rings (SSSR count). The summed E-state index contributed by atoms with van der Waals surface area (Å²) < 4.78 is 24.3. The Balaban J connectivity index is 1.57. The molecule has 0 aliphatic heterocycles. The fraction of sp³-hybridized carbons (Fsp3) is 0.238. The van der Waals surface area contributed by atoms with Crippen molar-refractivity contribution in [2.24, 2.45) is 0 Å². The minimum atomic E-state index is -0.378. The molecular weight excluding hydrogens is 393 g/mol. The molecule has 0 saturated heterocycles. The standard InChI is InChI=1S/C21H22FN3O3S/c1-13-7-8-14(10-17(13)22)9-16-12-24-21(29-16)25-20(26)23-11-15-5-4-6-18(27-2)19(15)28-3/h4-8,10,12H,9,11H2,1-3H3,(H2,23,24,25,26). The minimum Gasteiger partial charge on any atom is -0.493 e. The molecule has 0 radical (unpaired) electrons. The average molecular weight is 415 g/mol. The lowest BCUT2D eigenvalue weighted by molar-refractivity contribution is 0.251. The third-order valence-corrected chi connectivity index (χ3v) is 5.23. The summed E-state index contributed by atoms with van der Waals surface area (Å²) in [6.45, 7) is 2.00. The number of urea groups is 1. The predicted molar refractivity (Wildman–Crippen MR) is 111 cm³/mol. The number of carbonyl (C=O) groups is 1. The zero-order valence-electron chi connectivity index (χ0n) is 16.4. The highest BCUT2D eigenvalue weighted by Gasteiger charge is 2.12. The summed E-state index contributed by atoms with van der Waals surface area (Å²) in [5, 5.41) is 5.97. The molecule has 0 aliphatic carbocycles. The van der Waals surface area contributed by atoms with Gasteiger partial charge in [0.15, 0.2) is 16.6 Å². The van der Waals surface area contributed by atoms with Gasteiger partial charge in [-0.3, -0.25) is 5.32 Å². The number of methoxy groups -OCH3 is 2. The van der Waals surface area contributed by atoms with E-state index in [-0.39, 0.29) is 18.4 Å². The highest BCUT2D eigenvalue weighted by atomic mass is 32.1. The van der Waals surface area contributed by atoms with E-state index >= 15 is 0 Å². The smallest absolute Gasteiger partial charge is 0.321 e. The summed E-state index contributed by atoms with van der Waals surface area (Å²) in [5.74, 6) is 0.958. The van der Waals surface area contributed by atoms with Crippen LogP contribution in [0.2, 0.25) is 0 Å². The third kappa shape index (κ3) is 5.23. The molecule has 152 valence electrons. The van der Waals surface area contributed by atoms with E-state index in [4.69, 9.17) is 9.47 Å². The number of aromatic nitrogens is 1. The number of thiazole rings is 1. The molecule has 29 heavy (non-hydrogen) atoms. The summed E-state index contributed by atoms with van der Waals surface area (Å²) >= 11 is 1.35. The van der Waals surface area contributed by atoms with Crippen LogP contribution in [0.15, 0.2) is 42.6 Å². The number of amides is 2. The molecule has 8 heteroatoms. The zero-order valence-corrected chi connectivity index (χ0v) is 17.2. The monoisotopic (exact) mass is 415 g/mol. The van der Waals surface area contributed by atoms with Crippen molar-refractivity contribution < 1.29 is 18.7 Å². The predicted octanol–water partition coefficient (Wildman–Crippen LogP) is 4.52. The van der Waals surface area contributed by atoms with Gasteiger partial charge in [0, 0.05) is 29.6 Å². The van der Waals surface area contributed by atoms with Crippen molar-refractivity contribution >= 4 is 22.5 Å². The molecule has 6 nitrogen and oxygen atoms in total. The van der Waals surface area contributed by atoms with E-state index in [2.05, 4.69) is 15.6 Å². The number of ether oxygens (including phenoxy) is 2. The minimum absolute atomic E-state index is 0.224. The first-order chi connectivity index (χ1) is 14.0. The Morgan fingerprint density at radius 2 is 2.03 bits per heavy atom. The third-order valence-electron chi connectivity index (χ3n) is 4.31. The van der Waals surface area contributed by atoms with Gasteiger partial charge in [0.2, 0.25) is 0 Å². The van der Waals surface area contributed by atoms with E-state index in [9.17, 15) is 9.18 Å². The number of hydrogen-bond acceptors (Lipinski definition) is 5. The van der Waals surface area contributed by atoms with Crippen LogP contribution < -0.4 is 20.1 Å².